The highest BCUT2D eigenvalue weighted by Crippen LogP contribution is 2.52. The zero-order valence-electron chi connectivity index (χ0n) is 24.5. The molecule has 6 aromatic carbocycles. The van der Waals surface area contributed by atoms with Crippen molar-refractivity contribution in [3.05, 3.63) is 163 Å². The molecule has 0 saturated heterocycles. The zero-order valence-corrected chi connectivity index (χ0v) is 25.3. The third-order valence-electron chi connectivity index (χ3n) is 9.62. The summed E-state index contributed by atoms with van der Waals surface area (Å²) in [6.45, 7) is 0. The molecule has 45 heavy (non-hydrogen) atoms. The average Bonchev–Trinajstić information content (AvgIpc) is 3.66. The largest absolute Gasteiger partial charge is 0.305 e. The molecule has 3 heterocycles. The van der Waals surface area contributed by atoms with Crippen LogP contribution in [-0.2, 0) is 0 Å². The van der Waals surface area contributed by atoms with Crippen LogP contribution in [0.1, 0.15) is 23.5 Å². The third kappa shape index (κ3) is 3.62. The van der Waals surface area contributed by atoms with Crippen LogP contribution >= 0.6 is 11.3 Å². The smallest absolute Gasteiger partial charge is 0.0783 e. The number of hydrogen-bond donors (Lipinski definition) is 0. The minimum absolute atomic E-state index is 0.343. The molecular formula is C42H28N2S. The number of para-hydroxylation sites is 3. The highest BCUT2D eigenvalue weighted by Gasteiger charge is 2.30. The Hall–Kier alpha value is -5.38. The van der Waals surface area contributed by atoms with E-state index in [1.54, 1.807) is 0 Å². The van der Waals surface area contributed by atoms with E-state index in [1.165, 1.54) is 81.4 Å². The van der Waals surface area contributed by atoms with Gasteiger partial charge >= 0.3 is 0 Å². The first kappa shape index (κ1) is 25.0. The standard InChI is InChI=1S/C42H28N2S/c1-2-11-27(12-3-1)28-13-8-14-29(25-28)30-23-24-35-34(26-30)32-16-9-20-38-41(32)44(35)37-19-6-5-18-36(37)43(38)39-21-10-17-33-31-15-4-7-22-40(31)45-42(33)39/h1-13,15-26,29H,14H2. The average molecular weight is 593 g/mol. The Morgan fingerprint density at radius 2 is 1.31 bits per heavy atom. The van der Waals surface area contributed by atoms with Gasteiger partial charge in [-0.2, -0.15) is 0 Å². The van der Waals surface area contributed by atoms with Gasteiger partial charge in [0.25, 0.3) is 0 Å². The fourth-order valence-corrected chi connectivity index (χ4v) is 8.81. The van der Waals surface area contributed by atoms with E-state index in [1.807, 2.05) is 11.3 Å². The molecule has 1 unspecified atom stereocenters. The van der Waals surface area contributed by atoms with Crippen molar-refractivity contribution in [1.29, 1.82) is 0 Å². The monoisotopic (exact) mass is 592 g/mol. The molecular weight excluding hydrogens is 565 g/mol. The Balaban J connectivity index is 1.20. The Morgan fingerprint density at radius 3 is 2.22 bits per heavy atom. The van der Waals surface area contributed by atoms with Crippen molar-refractivity contribution < 1.29 is 0 Å². The summed E-state index contributed by atoms with van der Waals surface area (Å²) < 4.78 is 5.14. The lowest BCUT2D eigenvalue weighted by atomic mass is 9.87. The molecule has 212 valence electrons. The molecule has 0 spiro atoms. The number of allylic oxidation sites excluding steroid dienone is 4. The molecule has 8 aromatic rings. The van der Waals surface area contributed by atoms with Gasteiger partial charge in [0.15, 0.2) is 0 Å². The zero-order chi connectivity index (χ0) is 29.5. The van der Waals surface area contributed by atoms with Gasteiger partial charge < -0.3 is 9.47 Å². The Kier molecular flexibility index (Phi) is 5.31. The SMILES string of the molecule is C1=CC(c2ccccc2)=CC(c2ccc3c(c2)c2cccc4c2n3-c2ccccc2N4c2cccc3c2sc2ccccc23)C1. The second-order valence-corrected chi connectivity index (χ2v) is 13.1. The van der Waals surface area contributed by atoms with E-state index in [9.17, 15) is 0 Å². The highest BCUT2D eigenvalue weighted by atomic mass is 32.1. The van der Waals surface area contributed by atoms with Crippen LogP contribution < -0.4 is 4.90 Å². The predicted octanol–water partition coefficient (Wildman–Crippen LogP) is 12.1. The van der Waals surface area contributed by atoms with Gasteiger partial charge in [0, 0.05) is 32.2 Å². The summed E-state index contributed by atoms with van der Waals surface area (Å²) in [6, 6.07) is 49.1. The maximum atomic E-state index is 2.50. The molecule has 0 fully saturated rings. The molecule has 0 amide bonds. The lowest BCUT2D eigenvalue weighted by Crippen LogP contribution is -2.18. The van der Waals surface area contributed by atoms with Crippen LogP contribution in [0.3, 0.4) is 0 Å². The first-order valence-corrected chi connectivity index (χ1v) is 16.5. The van der Waals surface area contributed by atoms with Crippen molar-refractivity contribution in [2.24, 2.45) is 0 Å². The minimum atomic E-state index is 0.343. The van der Waals surface area contributed by atoms with Crippen LogP contribution in [0.15, 0.2) is 152 Å². The number of anilines is 3. The second-order valence-electron chi connectivity index (χ2n) is 12.1. The molecule has 2 aliphatic rings. The molecule has 2 nitrogen and oxygen atoms in total. The van der Waals surface area contributed by atoms with E-state index in [0.29, 0.717) is 5.92 Å². The molecule has 0 N–H and O–H groups in total. The summed E-state index contributed by atoms with van der Waals surface area (Å²) in [6.07, 6.45) is 8.06. The van der Waals surface area contributed by atoms with Crippen LogP contribution in [0, 0.1) is 0 Å². The lowest BCUT2D eigenvalue weighted by molar-refractivity contribution is 0.859. The fraction of sp³-hybridized carbons (Fsp3) is 0.0476. The van der Waals surface area contributed by atoms with Crippen molar-refractivity contribution in [2.45, 2.75) is 12.3 Å². The lowest BCUT2D eigenvalue weighted by Gasteiger charge is -2.33. The van der Waals surface area contributed by atoms with Crippen molar-refractivity contribution in [3.8, 4) is 5.69 Å². The van der Waals surface area contributed by atoms with Crippen LogP contribution in [0.5, 0.6) is 0 Å². The number of hydrogen-bond acceptors (Lipinski definition) is 2. The summed E-state index contributed by atoms with van der Waals surface area (Å²) in [4.78, 5) is 2.50. The first-order valence-electron chi connectivity index (χ1n) is 15.6. The second kappa shape index (κ2) is 9.56. The Bertz CT molecular complexity index is 2530. The summed E-state index contributed by atoms with van der Waals surface area (Å²) in [5.41, 5.74) is 11.3. The van der Waals surface area contributed by atoms with Crippen LogP contribution in [0.25, 0.3) is 53.2 Å². The van der Waals surface area contributed by atoms with Crippen molar-refractivity contribution >= 4 is 76.0 Å². The number of thiophene rings is 1. The quantitative estimate of drug-likeness (QED) is 0.198. The van der Waals surface area contributed by atoms with Gasteiger partial charge in [-0.15, -0.1) is 11.3 Å². The number of aromatic nitrogens is 1. The van der Waals surface area contributed by atoms with E-state index in [2.05, 4.69) is 161 Å². The number of nitrogens with zero attached hydrogens (tertiary/aromatic N) is 2. The van der Waals surface area contributed by atoms with Crippen molar-refractivity contribution in [2.75, 3.05) is 4.90 Å². The van der Waals surface area contributed by atoms with Gasteiger partial charge in [-0.3, -0.25) is 0 Å². The maximum absolute atomic E-state index is 2.50. The van der Waals surface area contributed by atoms with Gasteiger partial charge in [-0.05, 0) is 65.6 Å². The van der Waals surface area contributed by atoms with E-state index < -0.39 is 0 Å². The third-order valence-corrected chi connectivity index (χ3v) is 10.8. The normalized spacial score (nSPS) is 15.7. The van der Waals surface area contributed by atoms with Crippen LogP contribution in [0.2, 0.25) is 0 Å². The van der Waals surface area contributed by atoms with Gasteiger partial charge in [-0.25, -0.2) is 0 Å². The maximum Gasteiger partial charge on any atom is 0.0783 e. The fourth-order valence-electron chi connectivity index (χ4n) is 7.61. The highest BCUT2D eigenvalue weighted by molar-refractivity contribution is 7.26. The molecule has 0 bridgehead atoms. The van der Waals surface area contributed by atoms with E-state index in [0.717, 1.165) is 6.42 Å². The van der Waals surface area contributed by atoms with Crippen molar-refractivity contribution in [3.63, 3.8) is 0 Å². The number of benzene rings is 6. The van der Waals surface area contributed by atoms with Crippen LogP contribution in [-0.4, -0.2) is 4.57 Å². The van der Waals surface area contributed by atoms with E-state index >= 15 is 0 Å². The topological polar surface area (TPSA) is 8.17 Å². The molecule has 3 heteroatoms. The molecule has 1 aliphatic heterocycles. The summed E-state index contributed by atoms with van der Waals surface area (Å²) in [5.74, 6) is 0.343. The molecule has 10 rings (SSSR count). The molecule has 2 aromatic heterocycles. The van der Waals surface area contributed by atoms with E-state index in [4.69, 9.17) is 0 Å². The molecule has 0 radical (unpaired) electrons. The van der Waals surface area contributed by atoms with Gasteiger partial charge in [0.1, 0.15) is 0 Å². The molecule has 0 saturated carbocycles. The minimum Gasteiger partial charge on any atom is -0.305 e. The van der Waals surface area contributed by atoms with Gasteiger partial charge in [-0.1, -0.05) is 109 Å². The Labute approximate surface area is 265 Å². The summed E-state index contributed by atoms with van der Waals surface area (Å²) in [7, 11) is 0. The van der Waals surface area contributed by atoms with Crippen LogP contribution in [0.4, 0.5) is 17.1 Å². The summed E-state index contributed by atoms with van der Waals surface area (Å²) in [5, 5.41) is 5.25. The first-order chi connectivity index (χ1) is 22.3. The Morgan fingerprint density at radius 1 is 0.578 bits per heavy atom. The molecule has 1 aliphatic carbocycles. The number of rotatable bonds is 3. The van der Waals surface area contributed by atoms with Gasteiger partial charge in [0.05, 0.1) is 38.5 Å². The predicted molar refractivity (Wildman–Crippen MR) is 193 cm³/mol. The van der Waals surface area contributed by atoms with Crippen molar-refractivity contribution in [1.82, 2.24) is 4.57 Å². The number of fused-ring (bicyclic) bond motifs is 8. The van der Waals surface area contributed by atoms with Gasteiger partial charge in [0.2, 0.25) is 0 Å². The molecule has 1 atom stereocenters. The van der Waals surface area contributed by atoms with E-state index in [-0.39, 0.29) is 0 Å². The summed E-state index contributed by atoms with van der Waals surface area (Å²) >= 11 is 1.89.